The molecule has 3 N–H and O–H groups in total. The molecule has 0 aliphatic carbocycles. The van der Waals surface area contributed by atoms with Gasteiger partial charge in [0.25, 0.3) is 5.91 Å². The third-order valence-corrected chi connectivity index (χ3v) is 3.73. The largest absolute Gasteiger partial charge is 0.337 e. The maximum absolute atomic E-state index is 13.8. The molecule has 8 heteroatoms. The summed E-state index contributed by atoms with van der Waals surface area (Å²) in [5.74, 6) is -1.35. The molecular weight excluding hydrogens is 331 g/mol. The average Bonchev–Trinajstić information content (AvgIpc) is 3.10. The van der Waals surface area contributed by atoms with Crippen LogP contribution in [0.15, 0.2) is 35.0 Å². The highest BCUT2D eigenvalue weighted by atomic mass is 32.1. The molecule has 1 atom stereocenters. The Bertz CT molecular complexity index is 771. The lowest BCUT2D eigenvalue weighted by molar-refractivity contribution is 0.102. The highest BCUT2D eigenvalue weighted by Crippen LogP contribution is 2.21. The number of amides is 3. The van der Waals surface area contributed by atoms with Crippen LogP contribution in [0.2, 0.25) is 0 Å². The second-order valence-corrected chi connectivity index (χ2v) is 5.81. The van der Waals surface area contributed by atoms with Gasteiger partial charge in [0.2, 0.25) is 0 Å². The summed E-state index contributed by atoms with van der Waals surface area (Å²) in [6, 6.07) is 6.96. The van der Waals surface area contributed by atoms with Crippen molar-refractivity contribution in [1.82, 2.24) is 5.32 Å². The summed E-state index contributed by atoms with van der Waals surface area (Å²) in [5.41, 5.74) is 0.717. The number of carbonyl (C=O) groups excluding carboxylic acids is 2. The molecule has 24 heavy (non-hydrogen) atoms. The number of hydrogen-bond donors (Lipinski definition) is 3. The van der Waals surface area contributed by atoms with Crippen LogP contribution in [0.3, 0.4) is 0 Å². The third-order valence-electron chi connectivity index (χ3n) is 3.04. The van der Waals surface area contributed by atoms with Gasteiger partial charge in [0.1, 0.15) is 5.82 Å². The van der Waals surface area contributed by atoms with Gasteiger partial charge in [-0.25, -0.2) is 9.18 Å². The van der Waals surface area contributed by atoms with E-state index in [0.29, 0.717) is 11.3 Å². The van der Waals surface area contributed by atoms with E-state index in [1.165, 1.54) is 23.5 Å². The molecule has 0 aliphatic rings. The zero-order valence-corrected chi connectivity index (χ0v) is 13.6. The fraction of sp³-hybridized carbons (Fsp3) is 0.188. The summed E-state index contributed by atoms with van der Waals surface area (Å²) in [7, 11) is 0. The number of halogens is 1. The van der Waals surface area contributed by atoms with Crippen molar-refractivity contribution in [2.45, 2.75) is 6.92 Å². The van der Waals surface area contributed by atoms with E-state index in [1.54, 1.807) is 23.8 Å². The Morgan fingerprint density at radius 3 is 2.79 bits per heavy atom. The molecule has 2 aromatic rings. The molecule has 0 unspecified atom stereocenters. The standard InChI is InChI=1S/C16H15FN4O2S/c1-10(7-18)8-19-16(23)20-12-2-3-13(17)14(6-12)21-15(22)11-4-5-24-9-11/h2-6,9-10H,8H2,1H3,(H,21,22)(H2,19,20,23)/t10-/m1/s1. The molecule has 0 radical (unpaired) electrons. The van der Waals surface area contributed by atoms with Crippen LogP contribution in [-0.2, 0) is 0 Å². The van der Waals surface area contributed by atoms with Gasteiger partial charge in [0, 0.05) is 17.6 Å². The zero-order chi connectivity index (χ0) is 17.5. The van der Waals surface area contributed by atoms with Gasteiger partial charge in [-0.1, -0.05) is 0 Å². The molecule has 124 valence electrons. The van der Waals surface area contributed by atoms with Crippen molar-refractivity contribution in [3.63, 3.8) is 0 Å². The topological polar surface area (TPSA) is 94.0 Å². The number of hydrogen-bond acceptors (Lipinski definition) is 4. The number of nitrogens with zero attached hydrogens (tertiary/aromatic N) is 1. The number of benzene rings is 1. The fourth-order valence-corrected chi connectivity index (χ4v) is 2.39. The molecule has 0 aliphatic heterocycles. The molecule has 0 saturated carbocycles. The lowest BCUT2D eigenvalue weighted by Gasteiger charge is -2.11. The molecule has 1 aromatic carbocycles. The van der Waals surface area contributed by atoms with Crippen LogP contribution >= 0.6 is 11.3 Å². The maximum Gasteiger partial charge on any atom is 0.319 e. The van der Waals surface area contributed by atoms with Gasteiger partial charge >= 0.3 is 6.03 Å². The molecule has 3 amide bonds. The van der Waals surface area contributed by atoms with Gasteiger partial charge in [-0.05, 0) is 36.6 Å². The van der Waals surface area contributed by atoms with Gasteiger partial charge in [-0.3, -0.25) is 4.79 Å². The second-order valence-electron chi connectivity index (χ2n) is 5.03. The van der Waals surface area contributed by atoms with Crippen LogP contribution in [0.5, 0.6) is 0 Å². The molecule has 2 rings (SSSR count). The van der Waals surface area contributed by atoms with Crippen molar-refractivity contribution in [2.24, 2.45) is 5.92 Å². The number of anilines is 2. The highest BCUT2D eigenvalue weighted by Gasteiger charge is 2.11. The van der Waals surface area contributed by atoms with Crippen LogP contribution < -0.4 is 16.0 Å². The van der Waals surface area contributed by atoms with E-state index < -0.39 is 17.8 Å². The Kier molecular flexibility index (Phi) is 5.87. The van der Waals surface area contributed by atoms with Crippen molar-refractivity contribution in [3.8, 4) is 6.07 Å². The van der Waals surface area contributed by atoms with E-state index in [2.05, 4.69) is 16.0 Å². The van der Waals surface area contributed by atoms with E-state index in [4.69, 9.17) is 5.26 Å². The monoisotopic (exact) mass is 346 g/mol. The predicted octanol–water partition coefficient (Wildman–Crippen LogP) is 3.42. The van der Waals surface area contributed by atoms with E-state index in [-0.39, 0.29) is 18.2 Å². The van der Waals surface area contributed by atoms with Crippen LogP contribution in [0.1, 0.15) is 17.3 Å². The first-order valence-electron chi connectivity index (χ1n) is 7.07. The SMILES string of the molecule is C[C@H](C#N)CNC(=O)Nc1ccc(F)c(NC(=O)c2ccsc2)c1. The number of nitriles is 1. The Balaban J connectivity index is 2.01. The summed E-state index contributed by atoms with van der Waals surface area (Å²) in [6.45, 7) is 1.88. The van der Waals surface area contributed by atoms with Crippen LogP contribution in [0.4, 0.5) is 20.6 Å². The number of thiophene rings is 1. The molecule has 1 aromatic heterocycles. The van der Waals surface area contributed by atoms with Crippen molar-refractivity contribution in [2.75, 3.05) is 17.2 Å². The Morgan fingerprint density at radius 1 is 1.33 bits per heavy atom. The first kappa shape index (κ1) is 17.4. The number of urea groups is 1. The molecular formula is C16H15FN4O2S. The normalized spacial score (nSPS) is 11.2. The minimum absolute atomic E-state index is 0.0330. The molecule has 6 nitrogen and oxygen atoms in total. The summed E-state index contributed by atoms with van der Waals surface area (Å²) in [5, 5.41) is 19.6. The summed E-state index contributed by atoms with van der Waals surface area (Å²) in [4.78, 5) is 23.7. The van der Waals surface area contributed by atoms with E-state index in [0.717, 1.165) is 6.07 Å². The average molecular weight is 346 g/mol. The van der Waals surface area contributed by atoms with Crippen molar-refractivity contribution in [3.05, 3.63) is 46.4 Å². The van der Waals surface area contributed by atoms with Gasteiger partial charge in [0.05, 0.1) is 23.2 Å². The molecule has 0 spiro atoms. The molecule has 0 saturated heterocycles. The quantitative estimate of drug-likeness (QED) is 0.774. The molecule has 0 bridgehead atoms. The number of nitrogens with one attached hydrogen (secondary N) is 3. The van der Waals surface area contributed by atoms with E-state index >= 15 is 0 Å². The highest BCUT2D eigenvalue weighted by molar-refractivity contribution is 7.08. The number of carbonyl (C=O) groups is 2. The first-order chi connectivity index (χ1) is 11.5. The van der Waals surface area contributed by atoms with E-state index in [1.807, 2.05) is 6.07 Å². The Labute approximate surface area is 142 Å². The van der Waals surface area contributed by atoms with Crippen LogP contribution in [0.25, 0.3) is 0 Å². The van der Waals surface area contributed by atoms with Crippen molar-refractivity contribution < 1.29 is 14.0 Å². The summed E-state index contributed by atoms with van der Waals surface area (Å²) < 4.78 is 13.8. The smallest absolute Gasteiger partial charge is 0.319 e. The number of rotatable bonds is 5. The minimum atomic E-state index is -0.609. The van der Waals surface area contributed by atoms with Crippen molar-refractivity contribution in [1.29, 1.82) is 5.26 Å². The molecule has 0 fully saturated rings. The first-order valence-corrected chi connectivity index (χ1v) is 8.01. The van der Waals surface area contributed by atoms with Gasteiger partial charge < -0.3 is 16.0 Å². The zero-order valence-electron chi connectivity index (χ0n) is 12.8. The Morgan fingerprint density at radius 2 is 2.12 bits per heavy atom. The fourth-order valence-electron chi connectivity index (χ4n) is 1.75. The maximum atomic E-state index is 13.8. The van der Waals surface area contributed by atoms with Crippen molar-refractivity contribution >= 4 is 34.6 Å². The van der Waals surface area contributed by atoms with Crippen LogP contribution in [-0.4, -0.2) is 18.5 Å². The van der Waals surface area contributed by atoms with Gasteiger partial charge in [0.15, 0.2) is 0 Å². The lowest BCUT2D eigenvalue weighted by Crippen LogP contribution is -2.32. The van der Waals surface area contributed by atoms with Gasteiger partial charge in [-0.2, -0.15) is 16.6 Å². The molecule has 1 heterocycles. The van der Waals surface area contributed by atoms with E-state index in [9.17, 15) is 14.0 Å². The predicted molar refractivity (Wildman–Crippen MR) is 90.5 cm³/mol. The minimum Gasteiger partial charge on any atom is -0.337 e. The summed E-state index contributed by atoms with van der Waals surface area (Å²) >= 11 is 1.36. The third kappa shape index (κ3) is 4.79. The summed E-state index contributed by atoms with van der Waals surface area (Å²) in [6.07, 6.45) is 0. The van der Waals surface area contributed by atoms with Gasteiger partial charge in [-0.15, -0.1) is 0 Å². The lowest BCUT2D eigenvalue weighted by atomic mass is 10.2. The van der Waals surface area contributed by atoms with Crippen LogP contribution in [0, 0.1) is 23.1 Å². The second kappa shape index (κ2) is 8.08. The Hall–Kier alpha value is -2.92.